The molecule has 2 nitrogen and oxygen atoms in total. The van der Waals surface area contributed by atoms with Crippen LogP contribution in [0.15, 0.2) is 59.9 Å². The molecule has 2 aliphatic rings. The maximum absolute atomic E-state index is 6.17. The zero-order valence-corrected chi connectivity index (χ0v) is 12.8. The summed E-state index contributed by atoms with van der Waals surface area (Å²) in [6.45, 7) is 4.06. The lowest BCUT2D eigenvalue weighted by molar-refractivity contribution is 0.370. The summed E-state index contributed by atoms with van der Waals surface area (Å²) in [6, 6.07) is 12.5. The highest BCUT2D eigenvalue weighted by atomic mass is 16.5. The van der Waals surface area contributed by atoms with Crippen LogP contribution in [0.1, 0.15) is 30.5 Å². The maximum atomic E-state index is 6.17. The van der Waals surface area contributed by atoms with Crippen molar-refractivity contribution in [3.63, 3.8) is 0 Å². The highest BCUT2D eigenvalue weighted by Gasteiger charge is 2.27. The van der Waals surface area contributed by atoms with Crippen molar-refractivity contribution < 1.29 is 9.47 Å². The fraction of sp³-hybridized carbons (Fsp3) is 0.200. The smallest absolute Gasteiger partial charge is 0.173 e. The van der Waals surface area contributed by atoms with Gasteiger partial charge in [0, 0.05) is 24.0 Å². The van der Waals surface area contributed by atoms with Gasteiger partial charge in [-0.05, 0) is 37.1 Å². The third-order valence-corrected chi connectivity index (χ3v) is 4.36. The summed E-state index contributed by atoms with van der Waals surface area (Å²) in [6.07, 6.45) is 5.93. The Kier molecular flexibility index (Phi) is 3.04. The van der Waals surface area contributed by atoms with E-state index in [4.69, 9.17) is 9.47 Å². The molecule has 0 aliphatic carbocycles. The van der Waals surface area contributed by atoms with Crippen LogP contribution in [0.3, 0.4) is 0 Å². The van der Waals surface area contributed by atoms with E-state index in [2.05, 4.69) is 37.3 Å². The summed E-state index contributed by atoms with van der Waals surface area (Å²) < 4.78 is 12.3. The molecule has 0 radical (unpaired) electrons. The average Bonchev–Trinajstić information content (AvgIpc) is 2.58. The highest BCUT2D eigenvalue weighted by molar-refractivity contribution is 5.62. The van der Waals surface area contributed by atoms with Gasteiger partial charge in [-0.3, -0.25) is 0 Å². The predicted octanol–water partition coefficient (Wildman–Crippen LogP) is 5.17. The predicted molar refractivity (Wildman–Crippen MR) is 87.6 cm³/mol. The molecule has 0 amide bonds. The Morgan fingerprint density at radius 3 is 2.27 bits per heavy atom. The molecule has 0 N–H and O–H groups in total. The Labute approximate surface area is 130 Å². The summed E-state index contributed by atoms with van der Waals surface area (Å²) in [5, 5.41) is 0. The van der Waals surface area contributed by atoms with Crippen LogP contribution in [-0.2, 0) is 12.8 Å². The van der Waals surface area contributed by atoms with E-state index in [9.17, 15) is 0 Å². The topological polar surface area (TPSA) is 18.5 Å². The van der Waals surface area contributed by atoms with Crippen LogP contribution in [0.2, 0.25) is 0 Å². The third kappa shape index (κ3) is 1.95. The molecule has 0 spiro atoms. The lowest BCUT2D eigenvalue weighted by Gasteiger charge is -2.28. The number of allylic oxidation sites excluding steroid dienone is 3. The molecule has 0 bridgehead atoms. The molecule has 4 rings (SSSR count). The van der Waals surface area contributed by atoms with E-state index in [-0.39, 0.29) is 0 Å². The van der Waals surface area contributed by atoms with Gasteiger partial charge in [-0.2, -0.15) is 0 Å². The minimum atomic E-state index is 0.880. The van der Waals surface area contributed by atoms with Crippen LogP contribution in [0, 0.1) is 0 Å². The van der Waals surface area contributed by atoms with Crippen molar-refractivity contribution in [3.8, 4) is 17.2 Å². The zero-order chi connectivity index (χ0) is 15.1. The van der Waals surface area contributed by atoms with Gasteiger partial charge in [0.2, 0.25) is 0 Å². The summed E-state index contributed by atoms with van der Waals surface area (Å²) in [5.74, 6) is 3.63. The first kappa shape index (κ1) is 13.2. The Hall–Kier alpha value is -2.48. The van der Waals surface area contributed by atoms with E-state index in [1.54, 1.807) is 0 Å². The van der Waals surface area contributed by atoms with Crippen molar-refractivity contribution in [2.45, 2.75) is 26.7 Å². The molecule has 2 heteroatoms. The highest BCUT2D eigenvalue weighted by Crippen LogP contribution is 2.47. The molecule has 22 heavy (non-hydrogen) atoms. The number of hydrogen-bond acceptors (Lipinski definition) is 2. The minimum absolute atomic E-state index is 0.880. The van der Waals surface area contributed by atoms with E-state index in [0.717, 1.165) is 35.8 Å². The van der Waals surface area contributed by atoms with E-state index in [0.29, 0.717) is 0 Å². The first-order valence-electron chi connectivity index (χ1n) is 7.70. The second-order valence-electron chi connectivity index (χ2n) is 5.67. The van der Waals surface area contributed by atoms with Gasteiger partial charge in [-0.25, -0.2) is 0 Å². The normalized spacial score (nSPS) is 19.0. The quantitative estimate of drug-likeness (QED) is 0.569. The largest absolute Gasteiger partial charge is 0.453 e. The van der Waals surface area contributed by atoms with Crippen LogP contribution in [0.5, 0.6) is 17.2 Å². The lowest BCUT2D eigenvalue weighted by Crippen LogP contribution is -2.13. The molecular formula is C20H18O2. The molecule has 2 heterocycles. The monoisotopic (exact) mass is 290 g/mol. The van der Waals surface area contributed by atoms with Crippen LogP contribution in [0.4, 0.5) is 0 Å². The Bertz CT molecular complexity index is 812. The van der Waals surface area contributed by atoms with Crippen molar-refractivity contribution in [3.05, 3.63) is 76.6 Å². The molecule has 0 saturated heterocycles. The SMILES string of the molecule is C/C=C1/Cc2ccc3c(c2O/C1=C/C)Oc1ccccc1C3. The van der Waals surface area contributed by atoms with Gasteiger partial charge in [0.25, 0.3) is 0 Å². The Morgan fingerprint density at radius 1 is 0.773 bits per heavy atom. The molecule has 0 unspecified atom stereocenters. The summed E-state index contributed by atoms with van der Waals surface area (Å²) >= 11 is 0. The van der Waals surface area contributed by atoms with Gasteiger partial charge in [0.15, 0.2) is 11.5 Å². The lowest BCUT2D eigenvalue weighted by atomic mass is 9.93. The number of benzene rings is 2. The fourth-order valence-electron chi connectivity index (χ4n) is 3.17. The molecule has 2 aliphatic heterocycles. The first-order chi connectivity index (χ1) is 10.8. The van der Waals surface area contributed by atoms with Crippen molar-refractivity contribution in [1.29, 1.82) is 0 Å². The summed E-state index contributed by atoms with van der Waals surface area (Å²) in [7, 11) is 0. The van der Waals surface area contributed by atoms with Gasteiger partial charge >= 0.3 is 0 Å². The molecule has 2 aromatic rings. The summed E-state index contributed by atoms with van der Waals surface area (Å²) in [5.41, 5.74) is 4.84. The third-order valence-electron chi connectivity index (χ3n) is 4.36. The molecule has 0 fully saturated rings. The number of ether oxygens (including phenoxy) is 2. The Balaban J connectivity index is 1.83. The van der Waals surface area contributed by atoms with Gasteiger partial charge in [0.1, 0.15) is 11.5 Å². The average molecular weight is 290 g/mol. The van der Waals surface area contributed by atoms with Gasteiger partial charge in [-0.1, -0.05) is 36.4 Å². The van der Waals surface area contributed by atoms with Crippen molar-refractivity contribution in [2.75, 3.05) is 0 Å². The molecule has 2 aromatic carbocycles. The first-order valence-corrected chi connectivity index (χ1v) is 7.70. The van der Waals surface area contributed by atoms with Gasteiger partial charge in [-0.15, -0.1) is 0 Å². The Morgan fingerprint density at radius 2 is 1.50 bits per heavy atom. The van der Waals surface area contributed by atoms with E-state index < -0.39 is 0 Å². The number of fused-ring (bicyclic) bond motifs is 4. The van der Waals surface area contributed by atoms with Crippen LogP contribution in [-0.4, -0.2) is 0 Å². The standard InChI is InChI=1S/C20H18O2/c1-3-13-11-15-9-10-16-12-14-7-5-6-8-18(14)22-20(16)19(15)21-17(13)4-2/h3-10H,11-12H2,1-2H3/b13-3-,17-4+. The van der Waals surface area contributed by atoms with Gasteiger partial charge in [0.05, 0.1) is 0 Å². The molecule has 0 saturated carbocycles. The van der Waals surface area contributed by atoms with Crippen molar-refractivity contribution >= 4 is 0 Å². The van der Waals surface area contributed by atoms with E-state index in [1.807, 2.05) is 25.1 Å². The molecule has 0 atom stereocenters. The summed E-state index contributed by atoms with van der Waals surface area (Å²) in [4.78, 5) is 0. The second-order valence-corrected chi connectivity index (χ2v) is 5.67. The molecule has 0 aromatic heterocycles. The minimum Gasteiger partial charge on any atom is -0.453 e. The van der Waals surface area contributed by atoms with Gasteiger partial charge < -0.3 is 9.47 Å². The second kappa shape index (κ2) is 5.06. The van der Waals surface area contributed by atoms with Crippen molar-refractivity contribution in [2.24, 2.45) is 0 Å². The van der Waals surface area contributed by atoms with E-state index in [1.165, 1.54) is 22.3 Å². The van der Waals surface area contributed by atoms with Crippen molar-refractivity contribution in [1.82, 2.24) is 0 Å². The number of para-hydroxylation sites is 1. The fourth-order valence-corrected chi connectivity index (χ4v) is 3.17. The molecular weight excluding hydrogens is 272 g/mol. The number of rotatable bonds is 0. The van der Waals surface area contributed by atoms with E-state index >= 15 is 0 Å². The van der Waals surface area contributed by atoms with Crippen LogP contribution in [0.25, 0.3) is 0 Å². The maximum Gasteiger partial charge on any atom is 0.173 e. The van der Waals surface area contributed by atoms with Crippen LogP contribution < -0.4 is 9.47 Å². The van der Waals surface area contributed by atoms with Crippen LogP contribution >= 0.6 is 0 Å². The molecule has 110 valence electrons. The zero-order valence-electron chi connectivity index (χ0n) is 12.8. The number of hydrogen-bond donors (Lipinski definition) is 0.